The highest BCUT2D eigenvalue weighted by molar-refractivity contribution is 5.99. The fraction of sp³-hybridized carbons (Fsp3) is 0.333. The summed E-state index contributed by atoms with van der Waals surface area (Å²) in [5, 5.41) is 20.7. The Bertz CT molecular complexity index is 781. The molecule has 3 rings (SSSR count). The van der Waals surface area contributed by atoms with Crippen molar-refractivity contribution in [2.75, 3.05) is 13.2 Å². The van der Waals surface area contributed by atoms with E-state index in [4.69, 9.17) is 5.11 Å². The Morgan fingerprint density at radius 2 is 1.77 bits per heavy atom. The molecule has 1 amide bonds. The van der Waals surface area contributed by atoms with E-state index in [9.17, 15) is 14.7 Å². The number of aliphatic hydroxyl groups is 2. The molecule has 1 fully saturated rings. The molecule has 3 N–H and O–H groups in total. The van der Waals surface area contributed by atoms with Crippen molar-refractivity contribution in [1.82, 2.24) is 5.32 Å². The lowest BCUT2D eigenvalue weighted by molar-refractivity contribution is 0.0801. The van der Waals surface area contributed by atoms with Gasteiger partial charge in [-0.2, -0.15) is 0 Å². The molecule has 0 unspecified atom stereocenters. The van der Waals surface area contributed by atoms with Gasteiger partial charge in [0.1, 0.15) is 0 Å². The number of benzene rings is 2. The van der Waals surface area contributed by atoms with Gasteiger partial charge in [0.15, 0.2) is 5.78 Å². The molecule has 1 atom stereocenters. The summed E-state index contributed by atoms with van der Waals surface area (Å²) in [6, 6.07) is 14.7. The van der Waals surface area contributed by atoms with E-state index in [1.165, 1.54) is 0 Å². The van der Waals surface area contributed by atoms with Crippen LogP contribution in [-0.2, 0) is 0 Å². The number of aliphatic hydroxyl groups excluding tert-OH is 2. The maximum atomic E-state index is 12.3. The van der Waals surface area contributed by atoms with Crippen LogP contribution in [0.25, 0.3) is 11.1 Å². The van der Waals surface area contributed by atoms with E-state index >= 15 is 0 Å². The molecule has 5 nitrogen and oxygen atoms in total. The molecular weight excluding hydrogens is 330 g/mol. The number of amides is 1. The van der Waals surface area contributed by atoms with Crippen LogP contribution in [0.2, 0.25) is 0 Å². The predicted molar refractivity (Wildman–Crippen MR) is 99.0 cm³/mol. The number of ketones is 1. The molecule has 2 aromatic rings. The third-order valence-corrected chi connectivity index (χ3v) is 4.81. The van der Waals surface area contributed by atoms with E-state index in [2.05, 4.69) is 5.32 Å². The van der Waals surface area contributed by atoms with Gasteiger partial charge in [-0.1, -0.05) is 42.8 Å². The second kappa shape index (κ2) is 8.25. The summed E-state index contributed by atoms with van der Waals surface area (Å²) in [6.45, 7) is -0.399. The van der Waals surface area contributed by atoms with Crippen LogP contribution in [0.15, 0.2) is 48.5 Å². The van der Waals surface area contributed by atoms with Crippen LogP contribution >= 0.6 is 0 Å². The van der Waals surface area contributed by atoms with Crippen LogP contribution in [0.1, 0.15) is 40.0 Å². The van der Waals surface area contributed by atoms with Gasteiger partial charge in [-0.3, -0.25) is 9.59 Å². The lowest BCUT2D eigenvalue weighted by atomic mass is 9.80. The molecule has 136 valence electrons. The molecule has 26 heavy (non-hydrogen) atoms. The number of carbonyl (C=O) groups is 2. The second-order valence-electron chi connectivity index (χ2n) is 6.70. The number of Topliss-reactive ketones (excluding diaryl/α,β-unsaturated/α-hetero) is 1. The van der Waals surface area contributed by atoms with Crippen LogP contribution in [0.5, 0.6) is 0 Å². The average Bonchev–Trinajstić information content (AvgIpc) is 2.64. The molecule has 1 aliphatic carbocycles. The van der Waals surface area contributed by atoms with Gasteiger partial charge in [-0.05, 0) is 36.1 Å². The fourth-order valence-corrected chi connectivity index (χ4v) is 2.95. The quantitative estimate of drug-likeness (QED) is 0.667. The monoisotopic (exact) mass is 353 g/mol. The lowest BCUT2D eigenvalue weighted by Crippen LogP contribution is -2.33. The molecule has 0 spiro atoms. The van der Waals surface area contributed by atoms with Gasteiger partial charge in [0.2, 0.25) is 0 Å². The molecule has 0 aliphatic heterocycles. The Labute approximate surface area is 152 Å². The van der Waals surface area contributed by atoms with E-state index in [1.807, 2.05) is 30.3 Å². The number of nitrogens with one attached hydrogen (secondary N) is 1. The van der Waals surface area contributed by atoms with E-state index in [0.717, 1.165) is 36.0 Å². The number of carbonyl (C=O) groups excluding carboxylic acids is 2. The van der Waals surface area contributed by atoms with E-state index < -0.39 is 12.7 Å². The molecular formula is C21H23NO4. The first-order chi connectivity index (χ1) is 12.6. The van der Waals surface area contributed by atoms with E-state index in [0.29, 0.717) is 5.56 Å². The fourth-order valence-electron chi connectivity index (χ4n) is 2.95. The van der Waals surface area contributed by atoms with Crippen molar-refractivity contribution in [2.24, 2.45) is 5.92 Å². The molecule has 5 heteroatoms. The molecule has 0 aromatic heterocycles. The summed E-state index contributed by atoms with van der Waals surface area (Å²) in [5.74, 6) is 0.0941. The maximum absolute atomic E-state index is 12.3. The standard InChI is InChI=1S/C21H23NO4/c23-13-19(24)12-22-21(26)18-6-2-5-17(11-18)14-7-9-16(10-8-14)20(25)15-3-1-4-15/h2,5-11,15,19,23-24H,1,3-4,12-13H2,(H,22,26)/t19-/m0/s1. The Morgan fingerprint density at radius 1 is 1.04 bits per heavy atom. The summed E-state index contributed by atoms with van der Waals surface area (Å²) in [5.41, 5.74) is 3.02. The highest BCUT2D eigenvalue weighted by Gasteiger charge is 2.25. The van der Waals surface area contributed by atoms with Gasteiger partial charge >= 0.3 is 0 Å². The van der Waals surface area contributed by atoms with Crippen molar-refractivity contribution in [2.45, 2.75) is 25.4 Å². The second-order valence-corrected chi connectivity index (χ2v) is 6.70. The zero-order valence-corrected chi connectivity index (χ0v) is 14.5. The average molecular weight is 353 g/mol. The molecule has 0 radical (unpaired) electrons. The minimum absolute atomic E-state index is 0.00244. The Balaban J connectivity index is 1.71. The molecule has 0 bridgehead atoms. The van der Waals surface area contributed by atoms with Gasteiger partial charge in [0, 0.05) is 23.6 Å². The molecule has 1 aliphatic rings. The van der Waals surface area contributed by atoms with Crippen LogP contribution in [0.4, 0.5) is 0 Å². The normalized spacial score (nSPS) is 15.2. The Kier molecular flexibility index (Phi) is 5.81. The van der Waals surface area contributed by atoms with Gasteiger partial charge in [-0.15, -0.1) is 0 Å². The maximum Gasteiger partial charge on any atom is 0.251 e. The van der Waals surface area contributed by atoms with E-state index in [-0.39, 0.29) is 24.2 Å². The number of rotatable bonds is 7. The van der Waals surface area contributed by atoms with Crippen molar-refractivity contribution in [3.63, 3.8) is 0 Å². The van der Waals surface area contributed by atoms with Crippen molar-refractivity contribution >= 4 is 11.7 Å². The number of hydrogen-bond acceptors (Lipinski definition) is 4. The van der Waals surface area contributed by atoms with Gasteiger partial charge in [-0.25, -0.2) is 0 Å². The van der Waals surface area contributed by atoms with Crippen LogP contribution in [0.3, 0.4) is 0 Å². The number of hydrogen-bond donors (Lipinski definition) is 3. The van der Waals surface area contributed by atoms with Crippen molar-refractivity contribution in [3.8, 4) is 11.1 Å². The largest absolute Gasteiger partial charge is 0.394 e. The van der Waals surface area contributed by atoms with Gasteiger partial charge in [0.25, 0.3) is 5.91 Å². The predicted octanol–water partition coefficient (Wildman–Crippen LogP) is 2.42. The van der Waals surface area contributed by atoms with Crippen LogP contribution in [0, 0.1) is 5.92 Å². The lowest BCUT2D eigenvalue weighted by Gasteiger charge is -2.23. The van der Waals surface area contributed by atoms with Crippen molar-refractivity contribution in [3.05, 3.63) is 59.7 Å². The van der Waals surface area contributed by atoms with E-state index in [1.54, 1.807) is 18.2 Å². The molecule has 1 saturated carbocycles. The summed E-state index contributed by atoms with van der Waals surface area (Å²) in [7, 11) is 0. The minimum atomic E-state index is -0.970. The third kappa shape index (κ3) is 4.18. The van der Waals surface area contributed by atoms with Crippen LogP contribution in [-0.4, -0.2) is 41.2 Å². The summed E-state index contributed by atoms with van der Waals surface area (Å²) in [6.07, 6.45) is 2.15. The summed E-state index contributed by atoms with van der Waals surface area (Å²) < 4.78 is 0. The Morgan fingerprint density at radius 3 is 2.38 bits per heavy atom. The summed E-state index contributed by atoms with van der Waals surface area (Å²) in [4.78, 5) is 24.4. The topological polar surface area (TPSA) is 86.6 Å². The SMILES string of the molecule is O=C(NC[C@H](O)CO)c1cccc(-c2ccc(C(=O)C3CCC3)cc2)c1. The minimum Gasteiger partial charge on any atom is -0.394 e. The smallest absolute Gasteiger partial charge is 0.251 e. The van der Waals surface area contributed by atoms with Gasteiger partial charge < -0.3 is 15.5 Å². The molecule has 0 heterocycles. The highest BCUT2D eigenvalue weighted by atomic mass is 16.3. The third-order valence-electron chi connectivity index (χ3n) is 4.81. The first-order valence-corrected chi connectivity index (χ1v) is 8.90. The first kappa shape index (κ1) is 18.3. The highest BCUT2D eigenvalue weighted by Crippen LogP contribution is 2.30. The van der Waals surface area contributed by atoms with Crippen molar-refractivity contribution < 1.29 is 19.8 Å². The van der Waals surface area contributed by atoms with Crippen LogP contribution < -0.4 is 5.32 Å². The summed E-state index contributed by atoms with van der Waals surface area (Å²) >= 11 is 0. The zero-order valence-electron chi connectivity index (χ0n) is 14.5. The van der Waals surface area contributed by atoms with Gasteiger partial charge in [0.05, 0.1) is 12.7 Å². The Hall–Kier alpha value is -2.50. The molecule has 0 saturated heterocycles. The zero-order chi connectivity index (χ0) is 18.5. The van der Waals surface area contributed by atoms with Crippen molar-refractivity contribution in [1.29, 1.82) is 0 Å². The molecule has 2 aromatic carbocycles. The first-order valence-electron chi connectivity index (χ1n) is 8.90.